The molecule has 2 aliphatic carbocycles. The molecular weight excluding hydrogens is 236 g/mol. The number of alkyl halides is 2. The molecule has 2 fully saturated rings. The molecule has 3 atom stereocenters. The van der Waals surface area contributed by atoms with Crippen molar-refractivity contribution in [1.82, 2.24) is 8.75 Å². The highest BCUT2D eigenvalue weighted by molar-refractivity contribution is 6.99. The second kappa shape index (κ2) is 3.19. The predicted molar refractivity (Wildman–Crippen MR) is 53.2 cm³/mol. The normalized spacial score (nSPS) is 34.5. The van der Waals surface area contributed by atoms with E-state index < -0.39 is 5.92 Å². The molecule has 1 aromatic heterocycles. The Morgan fingerprint density at radius 1 is 1.50 bits per heavy atom. The smallest absolute Gasteiger partial charge is 0.248 e. The van der Waals surface area contributed by atoms with Crippen LogP contribution in [0.2, 0.25) is 0 Å². The van der Waals surface area contributed by atoms with Crippen molar-refractivity contribution in [3.05, 3.63) is 6.20 Å². The summed E-state index contributed by atoms with van der Waals surface area (Å²) < 4.78 is 33.4. The van der Waals surface area contributed by atoms with Gasteiger partial charge in [-0.1, -0.05) is 0 Å². The number of anilines is 1. The van der Waals surface area contributed by atoms with Crippen LogP contribution in [0.3, 0.4) is 0 Å². The molecular formula is C9H9F2N3OS. The Morgan fingerprint density at radius 2 is 2.19 bits per heavy atom. The fourth-order valence-corrected chi connectivity index (χ4v) is 2.97. The molecule has 1 heterocycles. The Labute approximate surface area is 94.4 Å². The zero-order valence-electron chi connectivity index (χ0n) is 8.19. The van der Waals surface area contributed by atoms with Crippen molar-refractivity contribution in [3.8, 4) is 0 Å². The molecule has 4 nitrogen and oxygen atoms in total. The maximum absolute atomic E-state index is 12.9. The van der Waals surface area contributed by atoms with Crippen molar-refractivity contribution in [2.24, 2.45) is 17.8 Å². The van der Waals surface area contributed by atoms with E-state index in [4.69, 9.17) is 0 Å². The topological polar surface area (TPSA) is 54.9 Å². The van der Waals surface area contributed by atoms with Crippen molar-refractivity contribution >= 4 is 23.5 Å². The standard InChI is InChI=1S/C9H9F2N3OS/c10-9(11)1-4-5(2-9)7(4)8(15)13-6-3-12-16-14-6/h3-5,7H,1-2H2,(H,13,14,15)/t4-,5+,7?. The molecule has 1 amide bonds. The fraction of sp³-hybridized carbons (Fsp3) is 0.667. The van der Waals surface area contributed by atoms with Crippen LogP contribution >= 0.6 is 11.7 Å². The van der Waals surface area contributed by atoms with Gasteiger partial charge in [0.25, 0.3) is 0 Å². The van der Waals surface area contributed by atoms with E-state index in [0.717, 1.165) is 11.7 Å². The summed E-state index contributed by atoms with van der Waals surface area (Å²) in [7, 11) is 0. The Balaban J connectivity index is 1.60. The maximum atomic E-state index is 12.9. The van der Waals surface area contributed by atoms with Gasteiger partial charge in [-0.3, -0.25) is 4.79 Å². The highest BCUT2D eigenvalue weighted by atomic mass is 32.1. The van der Waals surface area contributed by atoms with E-state index in [1.54, 1.807) is 0 Å². The highest BCUT2D eigenvalue weighted by Gasteiger charge is 2.65. The molecule has 0 saturated heterocycles. The number of halogens is 2. The molecule has 0 radical (unpaired) electrons. The summed E-state index contributed by atoms with van der Waals surface area (Å²) in [6.07, 6.45) is 1.16. The van der Waals surface area contributed by atoms with Crippen molar-refractivity contribution in [2.75, 3.05) is 5.32 Å². The molecule has 1 N–H and O–H groups in total. The SMILES string of the molecule is O=C(Nc1cnsn1)C1[C@H]2CC(F)(F)C[C@@H]12. The van der Waals surface area contributed by atoms with Gasteiger partial charge >= 0.3 is 0 Å². The first-order valence-corrected chi connectivity index (χ1v) is 5.76. The summed E-state index contributed by atoms with van der Waals surface area (Å²) in [5, 5.41) is 2.59. The van der Waals surface area contributed by atoms with Crippen molar-refractivity contribution in [1.29, 1.82) is 0 Å². The van der Waals surface area contributed by atoms with Crippen LogP contribution in [0, 0.1) is 17.8 Å². The van der Waals surface area contributed by atoms with Crippen LogP contribution in [0.4, 0.5) is 14.6 Å². The van der Waals surface area contributed by atoms with Crippen LogP contribution in [0.5, 0.6) is 0 Å². The third-order valence-corrected chi connectivity index (χ3v) is 3.79. The number of fused-ring (bicyclic) bond motifs is 1. The van der Waals surface area contributed by atoms with Gasteiger partial charge in [0.1, 0.15) is 0 Å². The predicted octanol–water partition coefficient (Wildman–Crippen LogP) is 1.77. The highest BCUT2D eigenvalue weighted by Crippen LogP contribution is 2.62. The first kappa shape index (κ1) is 10.1. The molecule has 1 unspecified atom stereocenters. The van der Waals surface area contributed by atoms with E-state index in [1.165, 1.54) is 6.20 Å². The van der Waals surface area contributed by atoms with Gasteiger partial charge in [-0.2, -0.15) is 8.75 Å². The molecule has 1 aromatic rings. The van der Waals surface area contributed by atoms with Crippen molar-refractivity contribution < 1.29 is 13.6 Å². The second-order valence-corrected chi connectivity index (χ2v) is 4.96. The first-order chi connectivity index (χ1) is 7.57. The largest absolute Gasteiger partial charge is 0.308 e. The summed E-state index contributed by atoms with van der Waals surface area (Å²) in [6.45, 7) is 0. The molecule has 2 aliphatic rings. The lowest BCUT2D eigenvalue weighted by Gasteiger charge is -2.12. The molecule has 0 bridgehead atoms. The Bertz CT molecular complexity index is 408. The van der Waals surface area contributed by atoms with E-state index in [2.05, 4.69) is 14.1 Å². The zero-order valence-corrected chi connectivity index (χ0v) is 9.01. The van der Waals surface area contributed by atoms with Crippen LogP contribution in [0.15, 0.2) is 6.20 Å². The van der Waals surface area contributed by atoms with E-state index in [1.807, 2.05) is 0 Å². The molecule has 3 rings (SSSR count). The van der Waals surface area contributed by atoms with Crippen LogP contribution in [0.1, 0.15) is 12.8 Å². The minimum Gasteiger partial charge on any atom is -0.308 e. The van der Waals surface area contributed by atoms with Gasteiger partial charge in [0.2, 0.25) is 11.8 Å². The van der Waals surface area contributed by atoms with Crippen LogP contribution in [-0.4, -0.2) is 20.6 Å². The lowest BCUT2D eigenvalue weighted by atomic mass is 10.1. The molecule has 0 aliphatic heterocycles. The Kier molecular flexibility index (Phi) is 2.01. The second-order valence-electron chi connectivity index (χ2n) is 4.40. The lowest BCUT2D eigenvalue weighted by molar-refractivity contribution is -0.118. The molecule has 2 saturated carbocycles. The number of aromatic nitrogens is 2. The minimum atomic E-state index is -2.56. The van der Waals surface area contributed by atoms with Crippen LogP contribution in [-0.2, 0) is 4.79 Å². The zero-order chi connectivity index (χ0) is 11.3. The van der Waals surface area contributed by atoms with Gasteiger partial charge in [-0.15, -0.1) is 0 Å². The van der Waals surface area contributed by atoms with Gasteiger partial charge in [0.15, 0.2) is 5.82 Å². The number of nitrogens with one attached hydrogen (secondary N) is 1. The monoisotopic (exact) mass is 245 g/mol. The van der Waals surface area contributed by atoms with Gasteiger partial charge in [0.05, 0.1) is 17.9 Å². The molecule has 0 aromatic carbocycles. The van der Waals surface area contributed by atoms with E-state index in [-0.39, 0.29) is 36.5 Å². The number of nitrogens with zero attached hydrogens (tertiary/aromatic N) is 2. The number of hydrogen-bond donors (Lipinski definition) is 1. The molecule has 16 heavy (non-hydrogen) atoms. The average Bonchev–Trinajstić information content (AvgIpc) is 2.63. The lowest BCUT2D eigenvalue weighted by Crippen LogP contribution is -2.22. The van der Waals surface area contributed by atoms with Crippen molar-refractivity contribution in [2.45, 2.75) is 18.8 Å². The number of rotatable bonds is 2. The molecule has 7 heteroatoms. The van der Waals surface area contributed by atoms with Gasteiger partial charge in [-0.05, 0) is 11.8 Å². The average molecular weight is 245 g/mol. The van der Waals surface area contributed by atoms with Gasteiger partial charge in [-0.25, -0.2) is 8.78 Å². The summed E-state index contributed by atoms with van der Waals surface area (Å²) >= 11 is 1.00. The van der Waals surface area contributed by atoms with Crippen molar-refractivity contribution in [3.63, 3.8) is 0 Å². The Morgan fingerprint density at radius 3 is 2.75 bits per heavy atom. The first-order valence-electron chi connectivity index (χ1n) is 5.03. The van der Waals surface area contributed by atoms with Gasteiger partial charge in [0, 0.05) is 18.8 Å². The fourth-order valence-electron chi connectivity index (χ4n) is 2.59. The molecule has 0 spiro atoms. The summed E-state index contributed by atoms with van der Waals surface area (Å²) in [5.74, 6) is -2.87. The van der Waals surface area contributed by atoms with E-state index in [9.17, 15) is 13.6 Å². The number of carbonyl (C=O) groups is 1. The third kappa shape index (κ3) is 1.59. The minimum absolute atomic E-state index is 0.137. The third-order valence-electron chi connectivity index (χ3n) is 3.32. The van der Waals surface area contributed by atoms with E-state index >= 15 is 0 Å². The number of hydrogen-bond acceptors (Lipinski definition) is 4. The van der Waals surface area contributed by atoms with Crippen LogP contribution in [0.25, 0.3) is 0 Å². The van der Waals surface area contributed by atoms with Gasteiger partial charge < -0.3 is 5.32 Å². The van der Waals surface area contributed by atoms with Crippen LogP contribution < -0.4 is 5.32 Å². The Hall–Kier alpha value is -1.11. The summed E-state index contributed by atoms with van der Waals surface area (Å²) in [6, 6.07) is 0. The summed E-state index contributed by atoms with van der Waals surface area (Å²) in [5.41, 5.74) is 0. The number of carbonyl (C=O) groups excluding carboxylic acids is 1. The quantitative estimate of drug-likeness (QED) is 0.863. The maximum Gasteiger partial charge on any atom is 0.248 e. The number of amides is 1. The molecule has 86 valence electrons. The summed E-state index contributed by atoms with van der Waals surface area (Å²) in [4.78, 5) is 11.7. The van der Waals surface area contributed by atoms with E-state index in [0.29, 0.717) is 5.82 Å².